The molecule has 0 radical (unpaired) electrons. The van der Waals surface area contributed by atoms with Crippen molar-refractivity contribution in [3.05, 3.63) is 54.2 Å². The van der Waals surface area contributed by atoms with Gasteiger partial charge in [0.2, 0.25) is 11.7 Å². The zero-order valence-corrected chi connectivity index (χ0v) is 14.0. The Balaban J connectivity index is 1.74. The van der Waals surface area contributed by atoms with Gasteiger partial charge in [0.15, 0.2) is 0 Å². The van der Waals surface area contributed by atoms with E-state index in [9.17, 15) is 4.39 Å². The molecule has 5 nitrogen and oxygen atoms in total. The molecule has 0 saturated heterocycles. The van der Waals surface area contributed by atoms with E-state index in [0.717, 1.165) is 10.5 Å². The van der Waals surface area contributed by atoms with Gasteiger partial charge >= 0.3 is 0 Å². The number of nitrogens with zero attached hydrogens (tertiary/aromatic N) is 2. The fourth-order valence-corrected chi connectivity index (χ4v) is 2.82. The Bertz CT molecular complexity index is 821. The molecule has 0 saturated carbocycles. The summed E-state index contributed by atoms with van der Waals surface area (Å²) in [7, 11) is 3.16. The van der Waals surface area contributed by atoms with Gasteiger partial charge in [-0.25, -0.2) is 4.39 Å². The summed E-state index contributed by atoms with van der Waals surface area (Å²) in [5, 5.41) is 4.00. The highest BCUT2D eigenvalue weighted by molar-refractivity contribution is 7.98. The van der Waals surface area contributed by atoms with Crippen molar-refractivity contribution in [3.63, 3.8) is 0 Å². The molecule has 0 aliphatic rings. The number of rotatable bonds is 6. The molecule has 1 aromatic heterocycles. The standard InChI is InChI=1S/C17H15FN2O3S/c1-21-12-5-8-14(15(9-12)22-2)17-19-16(23-20-17)10-24-13-6-3-11(18)4-7-13/h3-9H,10H2,1-2H3. The van der Waals surface area contributed by atoms with Gasteiger partial charge in [-0.05, 0) is 36.4 Å². The monoisotopic (exact) mass is 346 g/mol. The van der Waals surface area contributed by atoms with Gasteiger partial charge in [0.25, 0.3) is 0 Å². The first-order valence-electron chi connectivity index (χ1n) is 7.13. The summed E-state index contributed by atoms with van der Waals surface area (Å²) in [6.07, 6.45) is 0. The number of benzene rings is 2. The van der Waals surface area contributed by atoms with Crippen molar-refractivity contribution < 1.29 is 18.4 Å². The van der Waals surface area contributed by atoms with Gasteiger partial charge in [-0.15, -0.1) is 11.8 Å². The van der Waals surface area contributed by atoms with Crippen LogP contribution in [0.4, 0.5) is 4.39 Å². The smallest absolute Gasteiger partial charge is 0.237 e. The maximum Gasteiger partial charge on any atom is 0.237 e. The molecule has 1 heterocycles. The quantitative estimate of drug-likeness (QED) is 0.624. The molecule has 0 bridgehead atoms. The minimum absolute atomic E-state index is 0.258. The second kappa shape index (κ2) is 7.35. The van der Waals surface area contributed by atoms with E-state index in [1.807, 2.05) is 6.07 Å². The average molecular weight is 346 g/mol. The van der Waals surface area contributed by atoms with E-state index in [0.29, 0.717) is 29.0 Å². The number of halogens is 1. The van der Waals surface area contributed by atoms with Crippen molar-refractivity contribution in [2.45, 2.75) is 10.6 Å². The highest BCUT2D eigenvalue weighted by Gasteiger charge is 2.14. The second-order valence-electron chi connectivity index (χ2n) is 4.82. The first-order valence-corrected chi connectivity index (χ1v) is 8.11. The Kier molecular flexibility index (Phi) is 5.00. The summed E-state index contributed by atoms with van der Waals surface area (Å²) >= 11 is 1.49. The highest BCUT2D eigenvalue weighted by Crippen LogP contribution is 2.32. The summed E-state index contributed by atoms with van der Waals surface area (Å²) in [6.45, 7) is 0. The van der Waals surface area contributed by atoms with E-state index in [-0.39, 0.29) is 5.82 Å². The molecule has 124 valence electrons. The lowest BCUT2D eigenvalue weighted by Gasteiger charge is -2.07. The first-order chi connectivity index (χ1) is 11.7. The predicted molar refractivity (Wildman–Crippen MR) is 88.8 cm³/mol. The Morgan fingerprint density at radius 3 is 2.58 bits per heavy atom. The minimum Gasteiger partial charge on any atom is -0.497 e. The third-order valence-corrected chi connectivity index (χ3v) is 4.29. The maximum absolute atomic E-state index is 12.9. The third kappa shape index (κ3) is 3.68. The lowest BCUT2D eigenvalue weighted by Crippen LogP contribution is -1.91. The van der Waals surface area contributed by atoms with Gasteiger partial charge in [0.1, 0.15) is 17.3 Å². The first kappa shape index (κ1) is 16.3. The van der Waals surface area contributed by atoms with Crippen LogP contribution in [0.15, 0.2) is 51.9 Å². The summed E-state index contributed by atoms with van der Waals surface area (Å²) in [4.78, 5) is 5.31. The van der Waals surface area contributed by atoms with Crippen LogP contribution < -0.4 is 9.47 Å². The van der Waals surface area contributed by atoms with E-state index >= 15 is 0 Å². The zero-order valence-electron chi connectivity index (χ0n) is 13.2. The Hall–Kier alpha value is -2.54. The number of ether oxygens (including phenoxy) is 2. The lowest BCUT2D eigenvalue weighted by molar-refractivity contribution is 0.388. The molecule has 3 rings (SSSR count). The van der Waals surface area contributed by atoms with Crippen LogP contribution in [0.25, 0.3) is 11.4 Å². The topological polar surface area (TPSA) is 57.4 Å². The molecule has 24 heavy (non-hydrogen) atoms. The molecule has 0 atom stereocenters. The van der Waals surface area contributed by atoms with Crippen LogP contribution in [-0.2, 0) is 5.75 Å². The molecular formula is C17H15FN2O3S. The van der Waals surface area contributed by atoms with Crippen LogP contribution in [0.3, 0.4) is 0 Å². The van der Waals surface area contributed by atoms with Crippen LogP contribution in [0.1, 0.15) is 5.89 Å². The molecule has 0 aliphatic heterocycles. The second-order valence-corrected chi connectivity index (χ2v) is 5.87. The highest BCUT2D eigenvalue weighted by atomic mass is 32.2. The molecule has 3 aromatic rings. The third-order valence-electron chi connectivity index (χ3n) is 3.29. The fourth-order valence-electron chi connectivity index (χ4n) is 2.08. The molecule has 7 heteroatoms. The van der Waals surface area contributed by atoms with E-state index in [1.165, 1.54) is 23.9 Å². The van der Waals surface area contributed by atoms with E-state index in [2.05, 4.69) is 10.1 Å². The van der Waals surface area contributed by atoms with Crippen molar-refractivity contribution in [2.75, 3.05) is 14.2 Å². The van der Waals surface area contributed by atoms with Crippen molar-refractivity contribution in [3.8, 4) is 22.9 Å². The van der Waals surface area contributed by atoms with Gasteiger partial charge < -0.3 is 14.0 Å². The Labute approximate surface area is 142 Å². The molecule has 0 N–H and O–H groups in total. The van der Waals surface area contributed by atoms with Crippen LogP contribution in [0, 0.1) is 5.82 Å². The maximum atomic E-state index is 12.9. The molecule has 0 aliphatic carbocycles. The van der Waals surface area contributed by atoms with Gasteiger partial charge in [-0.2, -0.15) is 4.98 Å². The molecule has 0 unspecified atom stereocenters. The number of hydrogen-bond acceptors (Lipinski definition) is 6. The van der Waals surface area contributed by atoms with Gasteiger partial charge in [0, 0.05) is 11.0 Å². The molecular weight excluding hydrogens is 331 g/mol. The van der Waals surface area contributed by atoms with Crippen LogP contribution >= 0.6 is 11.8 Å². The number of methoxy groups -OCH3 is 2. The van der Waals surface area contributed by atoms with Gasteiger partial charge in [0.05, 0.1) is 25.5 Å². The average Bonchev–Trinajstić information content (AvgIpc) is 3.09. The van der Waals surface area contributed by atoms with E-state index < -0.39 is 0 Å². The Morgan fingerprint density at radius 1 is 1.08 bits per heavy atom. The van der Waals surface area contributed by atoms with E-state index in [1.54, 1.807) is 38.5 Å². The van der Waals surface area contributed by atoms with Crippen LogP contribution in [0.5, 0.6) is 11.5 Å². The van der Waals surface area contributed by atoms with E-state index in [4.69, 9.17) is 14.0 Å². The van der Waals surface area contributed by atoms with Crippen molar-refractivity contribution in [2.24, 2.45) is 0 Å². The summed E-state index contributed by atoms with van der Waals surface area (Å²) in [5.41, 5.74) is 0.722. The van der Waals surface area contributed by atoms with Gasteiger partial charge in [-0.1, -0.05) is 5.16 Å². The summed E-state index contributed by atoms with van der Waals surface area (Å²) in [6, 6.07) is 11.7. The lowest BCUT2D eigenvalue weighted by atomic mass is 10.2. The molecule has 0 fully saturated rings. The predicted octanol–water partition coefficient (Wildman–Crippen LogP) is 4.19. The van der Waals surface area contributed by atoms with Crippen molar-refractivity contribution in [1.82, 2.24) is 10.1 Å². The largest absolute Gasteiger partial charge is 0.497 e. The number of hydrogen-bond donors (Lipinski definition) is 0. The molecule has 2 aromatic carbocycles. The number of aromatic nitrogens is 2. The molecule has 0 spiro atoms. The fraction of sp³-hybridized carbons (Fsp3) is 0.176. The SMILES string of the molecule is COc1ccc(-c2noc(CSc3ccc(F)cc3)n2)c(OC)c1. The minimum atomic E-state index is -0.258. The van der Waals surface area contributed by atoms with Crippen molar-refractivity contribution >= 4 is 11.8 Å². The zero-order chi connectivity index (χ0) is 16.9. The number of thioether (sulfide) groups is 1. The Morgan fingerprint density at radius 2 is 1.88 bits per heavy atom. The summed E-state index contributed by atoms with van der Waals surface area (Å²) in [5.74, 6) is 2.46. The van der Waals surface area contributed by atoms with Crippen LogP contribution in [0.2, 0.25) is 0 Å². The molecule has 0 amide bonds. The van der Waals surface area contributed by atoms with Crippen LogP contribution in [-0.4, -0.2) is 24.4 Å². The van der Waals surface area contributed by atoms with Crippen molar-refractivity contribution in [1.29, 1.82) is 0 Å². The van der Waals surface area contributed by atoms with Gasteiger partial charge in [-0.3, -0.25) is 0 Å². The normalized spacial score (nSPS) is 10.6. The summed E-state index contributed by atoms with van der Waals surface area (Å²) < 4.78 is 28.7.